The Morgan fingerprint density at radius 2 is 1.52 bits per heavy atom. The summed E-state index contributed by atoms with van der Waals surface area (Å²) in [4.78, 5) is 23.0. The van der Waals surface area contributed by atoms with E-state index in [-0.39, 0.29) is 31.5 Å². The average Bonchev–Trinajstić information content (AvgIpc) is 2.55. The third-order valence-electron chi connectivity index (χ3n) is 3.20. The first-order valence-corrected chi connectivity index (χ1v) is 8.55. The van der Waals surface area contributed by atoms with Gasteiger partial charge in [0.2, 0.25) is 0 Å². The van der Waals surface area contributed by atoms with E-state index in [0.717, 1.165) is 38.7 Å². The van der Waals surface area contributed by atoms with E-state index in [1.165, 1.54) is 0 Å². The number of esters is 2. The largest absolute Gasteiger partial charge is 0.466 e. The zero-order chi connectivity index (χ0) is 17.3. The second-order valence-corrected chi connectivity index (χ2v) is 5.37. The van der Waals surface area contributed by atoms with E-state index in [1.807, 2.05) is 6.92 Å². The molecule has 0 spiro atoms. The SMILES string of the molecule is CCCOCCCCOC(=O)CCC(=O)OCC(CCC)OC. The van der Waals surface area contributed by atoms with Crippen molar-refractivity contribution in [2.45, 2.75) is 64.9 Å². The van der Waals surface area contributed by atoms with Crippen molar-refractivity contribution in [1.82, 2.24) is 0 Å². The fraction of sp³-hybridized carbons (Fsp3) is 0.882. The number of hydrogen-bond acceptors (Lipinski definition) is 6. The Bertz CT molecular complexity index is 305. The highest BCUT2D eigenvalue weighted by Crippen LogP contribution is 2.04. The van der Waals surface area contributed by atoms with Gasteiger partial charge in [0, 0.05) is 20.3 Å². The van der Waals surface area contributed by atoms with E-state index in [1.54, 1.807) is 7.11 Å². The first-order chi connectivity index (χ1) is 11.1. The Hall–Kier alpha value is -1.14. The minimum atomic E-state index is -0.395. The van der Waals surface area contributed by atoms with Gasteiger partial charge in [0.05, 0.1) is 25.6 Å². The molecule has 0 aliphatic heterocycles. The number of unbranched alkanes of at least 4 members (excludes halogenated alkanes) is 1. The van der Waals surface area contributed by atoms with Crippen molar-refractivity contribution in [3.8, 4) is 0 Å². The van der Waals surface area contributed by atoms with Crippen LogP contribution in [0.3, 0.4) is 0 Å². The molecule has 0 heterocycles. The molecule has 0 bridgehead atoms. The van der Waals surface area contributed by atoms with E-state index in [9.17, 15) is 9.59 Å². The highest BCUT2D eigenvalue weighted by molar-refractivity contribution is 5.77. The number of methoxy groups -OCH3 is 1. The molecule has 0 aromatic rings. The number of hydrogen-bond donors (Lipinski definition) is 0. The monoisotopic (exact) mass is 332 g/mol. The predicted octanol–water partition coefficient (Wildman–Crippen LogP) is 2.87. The summed E-state index contributed by atoms with van der Waals surface area (Å²) in [5.74, 6) is -0.763. The zero-order valence-corrected chi connectivity index (χ0v) is 14.8. The molecule has 0 radical (unpaired) electrons. The molecule has 23 heavy (non-hydrogen) atoms. The maximum absolute atomic E-state index is 11.5. The Kier molecular flexibility index (Phi) is 15.0. The topological polar surface area (TPSA) is 71.1 Å². The number of rotatable bonds is 15. The summed E-state index contributed by atoms with van der Waals surface area (Å²) in [5, 5.41) is 0. The van der Waals surface area contributed by atoms with Crippen LogP contribution >= 0.6 is 0 Å². The van der Waals surface area contributed by atoms with Crippen LogP contribution in [0, 0.1) is 0 Å². The summed E-state index contributed by atoms with van der Waals surface area (Å²) in [6.07, 6.45) is 4.47. The fourth-order valence-corrected chi connectivity index (χ4v) is 1.86. The van der Waals surface area contributed by atoms with Gasteiger partial charge in [-0.25, -0.2) is 0 Å². The molecule has 0 aromatic heterocycles. The summed E-state index contributed by atoms with van der Waals surface area (Å²) in [6.45, 7) is 6.16. The van der Waals surface area contributed by atoms with Crippen LogP contribution in [0.4, 0.5) is 0 Å². The lowest BCUT2D eigenvalue weighted by atomic mass is 10.2. The minimum Gasteiger partial charge on any atom is -0.466 e. The van der Waals surface area contributed by atoms with E-state index < -0.39 is 5.97 Å². The van der Waals surface area contributed by atoms with Crippen LogP contribution in [0.5, 0.6) is 0 Å². The molecular weight excluding hydrogens is 300 g/mol. The molecule has 0 rings (SSSR count). The standard InChI is InChI=1S/C17H32O6/c1-4-8-15(20-3)14-23-17(19)10-9-16(18)22-13-7-6-12-21-11-5-2/h15H,4-14H2,1-3H3. The highest BCUT2D eigenvalue weighted by Gasteiger charge is 2.12. The van der Waals surface area contributed by atoms with Crippen LogP contribution in [0.15, 0.2) is 0 Å². The maximum atomic E-state index is 11.5. The number of ether oxygens (including phenoxy) is 4. The van der Waals surface area contributed by atoms with Gasteiger partial charge < -0.3 is 18.9 Å². The average molecular weight is 332 g/mol. The summed E-state index contributed by atoms with van der Waals surface area (Å²) in [5.41, 5.74) is 0. The molecular formula is C17H32O6. The van der Waals surface area contributed by atoms with Gasteiger partial charge in [0.1, 0.15) is 6.61 Å². The Morgan fingerprint density at radius 3 is 2.13 bits per heavy atom. The summed E-state index contributed by atoms with van der Waals surface area (Å²) in [7, 11) is 1.60. The summed E-state index contributed by atoms with van der Waals surface area (Å²) in [6, 6.07) is 0. The van der Waals surface area contributed by atoms with Gasteiger partial charge in [0.15, 0.2) is 0 Å². The van der Waals surface area contributed by atoms with Crippen molar-refractivity contribution in [2.75, 3.05) is 33.5 Å². The molecule has 1 atom stereocenters. The Morgan fingerprint density at radius 1 is 0.870 bits per heavy atom. The minimum absolute atomic E-state index is 0.0427. The molecule has 6 nitrogen and oxygen atoms in total. The van der Waals surface area contributed by atoms with E-state index in [2.05, 4.69) is 6.92 Å². The van der Waals surface area contributed by atoms with Gasteiger partial charge in [-0.1, -0.05) is 20.3 Å². The lowest BCUT2D eigenvalue weighted by Gasteiger charge is -2.14. The second-order valence-electron chi connectivity index (χ2n) is 5.37. The van der Waals surface area contributed by atoms with Crippen molar-refractivity contribution in [3.05, 3.63) is 0 Å². The van der Waals surface area contributed by atoms with Crippen LogP contribution < -0.4 is 0 Å². The first-order valence-electron chi connectivity index (χ1n) is 8.55. The third-order valence-corrected chi connectivity index (χ3v) is 3.20. The normalized spacial score (nSPS) is 12.0. The fourth-order valence-electron chi connectivity index (χ4n) is 1.86. The molecule has 136 valence electrons. The molecule has 6 heteroatoms. The van der Waals surface area contributed by atoms with Gasteiger partial charge >= 0.3 is 11.9 Å². The van der Waals surface area contributed by atoms with Gasteiger partial charge in [-0.05, 0) is 25.7 Å². The van der Waals surface area contributed by atoms with Gasteiger partial charge in [-0.2, -0.15) is 0 Å². The first kappa shape index (κ1) is 21.9. The van der Waals surface area contributed by atoms with Crippen molar-refractivity contribution in [2.24, 2.45) is 0 Å². The van der Waals surface area contributed by atoms with Gasteiger partial charge in [-0.3, -0.25) is 9.59 Å². The predicted molar refractivity (Wildman–Crippen MR) is 87.2 cm³/mol. The maximum Gasteiger partial charge on any atom is 0.306 e. The van der Waals surface area contributed by atoms with Crippen molar-refractivity contribution >= 4 is 11.9 Å². The Balaban J connectivity index is 3.55. The van der Waals surface area contributed by atoms with Crippen LogP contribution in [0.25, 0.3) is 0 Å². The molecule has 0 fully saturated rings. The second kappa shape index (κ2) is 15.7. The van der Waals surface area contributed by atoms with Crippen molar-refractivity contribution in [1.29, 1.82) is 0 Å². The molecule has 0 aliphatic carbocycles. The molecule has 0 saturated heterocycles. The Labute approximate surface area is 139 Å². The summed E-state index contributed by atoms with van der Waals surface area (Å²) < 4.78 is 20.7. The quantitative estimate of drug-likeness (QED) is 0.339. The van der Waals surface area contributed by atoms with Crippen LogP contribution in [-0.4, -0.2) is 51.6 Å². The van der Waals surface area contributed by atoms with Crippen molar-refractivity contribution in [3.63, 3.8) is 0 Å². The van der Waals surface area contributed by atoms with E-state index >= 15 is 0 Å². The van der Waals surface area contributed by atoms with E-state index in [4.69, 9.17) is 18.9 Å². The molecule has 0 amide bonds. The van der Waals surface area contributed by atoms with Crippen LogP contribution in [0.2, 0.25) is 0 Å². The van der Waals surface area contributed by atoms with E-state index in [0.29, 0.717) is 13.2 Å². The number of carbonyl (C=O) groups is 2. The summed E-state index contributed by atoms with van der Waals surface area (Å²) >= 11 is 0. The van der Waals surface area contributed by atoms with Gasteiger partial charge in [-0.15, -0.1) is 0 Å². The molecule has 0 aromatic carbocycles. The van der Waals surface area contributed by atoms with Crippen LogP contribution in [0.1, 0.15) is 58.8 Å². The van der Waals surface area contributed by atoms with Crippen LogP contribution in [-0.2, 0) is 28.5 Å². The van der Waals surface area contributed by atoms with Crippen molar-refractivity contribution < 1.29 is 28.5 Å². The lowest BCUT2D eigenvalue weighted by molar-refractivity contribution is -0.152. The highest BCUT2D eigenvalue weighted by atomic mass is 16.6. The zero-order valence-electron chi connectivity index (χ0n) is 14.8. The third kappa shape index (κ3) is 14.2. The lowest BCUT2D eigenvalue weighted by Crippen LogP contribution is -2.21. The molecule has 0 saturated carbocycles. The molecule has 0 aliphatic rings. The molecule has 0 N–H and O–H groups in total. The smallest absolute Gasteiger partial charge is 0.306 e. The number of carbonyl (C=O) groups excluding carboxylic acids is 2. The molecule has 1 unspecified atom stereocenters. The van der Waals surface area contributed by atoms with Gasteiger partial charge in [0.25, 0.3) is 0 Å².